The lowest BCUT2D eigenvalue weighted by Crippen LogP contribution is -2.41. The maximum Gasteiger partial charge on any atom is 0.247 e. The summed E-state index contributed by atoms with van der Waals surface area (Å²) in [6, 6.07) is 13.8. The minimum absolute atomic E-state index is 0.0542. The summed E-state index contributed by atoms with van der Waals surface area (Å²) in [5, 5.41) is 2.83. The van der Waals surface area contributed by atoms with E-state index in [0.717, 1.165) is 11.3 Å². The van der Waals surface area contributed by atoms with Gasteiger partial charge in [-0.15, -0.1) is 0 Å². The average Bonchev–Trinajstić information content (AvgIpc) is 2.97. The van der Waals surface area contributed by atoms with Crippen LogP contribution in [0.5, 0.6) is 0 Å². The molecular formula is C20H20N2O3. The maximum absolute atomic E-state index is 12.7. The number of nitrogens with one attached hydrogen (secondary N) is 1. The lowest BCUT2D eigenvalue weighted by Gasteiger charge is -2.24. The number of carbonyl (C=O) groups is 3. The quantitative estimate of drug-likeness (QED) is 0.871. The van der Waals surface area contributed by atoms with Crippen LogP contribution in [0.1, 0.15) is 35.7 Å². The Bertz CT molecular complexity index is 827. The van der Waals surface area contributed by atoms with Crippen LogP contribution in [0.2, 0.25) is 0 Å². The molecule has 3 rings (SSSR count). The lowest BCUT2D eigenvalue weighted by molar-refractivity contribution is -0.120. The summed E-state index contributed by atoms with van der Waals surface area (Å²) in [4.78, 5) is 38.0. The molecule has 0 spiro atoms. The first-order valence-corrected chi connectivity index (χ1v) is 8.26. The lowest BCUT2D eigenvalue weighted by atomic mass is 10.1. The number of hydrogen-bond acceptors (Lipinski definition) is 3. The van der Waals surface area contributed by atoms with Gasteiger partial charge in [0.25, 0.3) is 0 Å². The number of amides is 2. The molecule has 1 saturated heterocycles. The van der Waals surface area contributed by atoms with Gasteiger partial charge in [-0.05, 0) is 44.5 Å². The monoisotopic (exact) mass is 336 g/mol. The second kappa shape index (κ2) is 6.89. The predicted molar refractivity (Wildman–Crippen MR) is 96.8 cm³/mol. The van der Waals surface area contributed by atoms with Crippen LogP contribution in [0.15, 0.2) is 48.5 Å². The highest BCUT2D eigenvalue weighted by Crippen LogP contribution is 2.28. The van der Waals surface area contributed by atoms with Crippen LogP contribution in [0.3, 0.4) is 0 Å². The van der Waals surface area contributed by atoms with Gasteiger partial charge in [0.1, 0.15) is 6.04 Å². The minimum Gasteiger partial charge on any atom is -0.324 e. The van der Waals surface area contributed by atoms with Gasteiger partial charge in [0.05, 0.1) is 0 Å². The van der Waals surface area contributed by atoms with Gasteiger partial charge in [0.15, 0.2) is 5.78 Å². The van der Waals surface area contributed by atoms with E-state index in [2.05, 4.69) is 5.32 Å². The SMILES string of the molecule is CC(=O)c1cccc(NC(=O)C2CCC(=O)N2c2ccc(C)cc2)c1. The smallest absolute Gasteiger partial charge is 0.247 e. The molecule has 0 bridgehead atoms. The van der Waals surface area contributed by atoms with Crippen molar-refractivity contribution in [1.82, 2.24) is 0 Å². The van der Waals surface area contributed by atoms with Gasteiger partial charge in [-0.2, -0.15) is 0 Å². The molecule has 0 saturated carbocycles. The molecule has 2 aromatic carbocycles. The van der Waals surface area contributed by atoms with Crippen molar-refractivity contribution in [3.05, 3.63) is 59.7 Å². The van der Waals surface area contributed by atoms with Crippen molar-refractivity contribution >= 4 is 29.0 Å². The first-order chi connectivity index (χ1) is 12.0. The zero-order valence-corrected chi connectivity index (χ0v) is 14.3. The third-order valence-electron chi connectivity index (χ3n) is 4.36. The molecule has 1 N–H and O–H groups in total. The molecule has 0 aromatic heterocycles. The van der Waals surface area contributed by atoms with Gasteiger partial charge in [-0.1, -0.05) is 29.8 Å². The molecule has 1 aliphatic heterocycles. The van der Waals surface area contributed by atoms with Gasteiger partial charge in [0.2, 0.25) is 11.8 Å². The number of rotatable bonds is 4. The van der Waals surface area contributed by atoms with Crippen LogP contribution in [-0.2, 0) is 9.59 Å². The van der Waals surface area contributed by atoms with Crippen LogP contribution < -0.4 is 10.2 Å². The fourth-order valence-electron chi connectivity index (χ4n) is 3.00. The van der Waals surface area contributed by atoms with Crippen LogP contribution in [-0.4, -0.2) is 23.6 Å². The van der Waals surface area contributed by atoms with Crippen LogP contribution >= 0.6 is 0 Å². The highest BCUT2D eigenvalue weighted by Gasteiger charge is 2.37. The van der Waals surface area contributed by atoms with Crippen molar-refractivity contribution in [3.63, 3.8) is 0 Å². The highest BCUT2D eigenvalue weighted by molar-refractivity contribution is 6.08. The average molecular weight is 336 g/mol. The van der Waals surface area contributed by atoms with E-state index < -0.39 is 6.04 Å². The Morgan fingerprint density at radius 2 is 1.84 bits per heavy atom. The molecule has 128 valence electrons. The van der Waals surface area contributed by atoms with Crippen molar-refractivity contribution in [2.45, 2.75) is 32.7 Å². The van der Waals surface area contributed by atoms with Crippen LogP contribution in [0.4, 0.5) is 11.4 Å². The van der Waals surface area contributed by atoms with Crippen molar-refractivity contribution in [2.75, 3.05) is 10.2 Å². The van der Waals surface area contributed by atoms with Gasteiger partial charge >= 0.3 is 0 Å². The van der Waals surface area contributed by atoms with Crippen molar-refractivity contribution in [3.8, 4) is 0 Å². The normalized spacial score (nSPS) is 16.8. The Morgan fingerprint density at radius 1 is 1.12 bits per heavy atom. The summed E-state index contributed by atoms with van der Waals surface area (Å²) in [5.74, 6) is -0.359. The number of nitrogens with zero attached hydrogens (tertiary/aromatic N) is 1. The summed E-state index contributed by atoms with van der Waals surface area (Å²) < 4.78 is 0. The molecule has 5 heteroatoms. The molecule has 5 nitrogen and oxygen atoms in total. The van der Waals surface area contributed by atoms with E-state index in [4.69, 9.17) is 0 Å². The number of anilines is 2. The number of Topliss-reactive ketones (excluding diaryl/α,β-unsaturated/α-hetero) is 1. The number of hydrogen-bond donors (Lipinski definition) is 1. The molecule has 2 aromatic rings. The molecule has 2 amide bonds. The number of ketones is 1. The summed E-state index contributed by atoms with van der Waals surface area (Å²) in [5.41, 5.74) is 2.92. The zero-order chi connectivity index (χ0) is 18.0. The second-order valence-electron chi connectivity index (χ2n) is 6.28. The summed E-state index contributed by atoms with van der Waals surface area (Å²) in [6.45, 7) is 3.46. The fraction of sp³-hybridized carbons (Fsp3) is 0.250. The Morgan fingerprint density at radius 3 is 2.52 bits per heavy atom. The molecule has 1 aliphatic rings. The van der Waals surface area contributed by atoms with Gasteiger partial charge in [-0.3, -0.25) is 19.3 Å². The van der Waals surface area contributed by atoms with Gasteiger partial charge in [-0.25, -0.2) is 0 Å². The third kappa shape index (κ3) is 3.60. The summed E-state index contributed by atoms with van der Waals surface area (Å²) in [6.07, 6.45) is 0.824. The first kappa shape index (κ1) is 16.9. The van der Waals surface area contributed by atoms with E-state index in [1.165, 1.54) is 6.92 Å². The van der Waals surface area contributed by atoms with E-state index >= 15 is 0 Å². The number of carbonyl (C=O) groups excluding carboxylic acids is 3. The molecule has 25 heavy (non-hydrogen) atoms. The van der Waals surface area contributed by atoms with Crippen molar-refractivity contribution in [1.29, 1.82) is 0 Å². The van der Waals surface area contributed by atoms with Gasteiger partial charge < -0.3 is 5.32 Å². The maximum atomic E-state index is 12.7. The molecule has 0 radical (unpaired) electrons. The Kier molecular flexibility index (Phi) is 4.65. The van der Waals surface area contributed by atoms with Crippen LogP contribution in [0, 0.1) is 6.92 Å². The molecule has 0 aliphatic carbocycles. The number of benzene rings is 2. The van der Waals surface area contributed by atoms with E-state index in [9.17, 15) is 14.4 Å². The summed E-state index contributed by atoms with van der Waals surface area (Å²) in [7, 11) is 0. The molecule has 1 fully saturated rings. The fourth-order valence-corrected chi connectivity index (χ4v) is 3.00. The molecular weight excluding hydrogens is 316 g/mol. The molecule has 1 atom stereocenters. The zero-order valence-electron chi connectivity index (χ0n) is 14.3. The standard InChI is InChI=1S/C20H20N2O3/c1-13-6-8-17(9-7-13)22-18(10-11-19(22)24)20(25)21-16-5-3-4-15(12-16)14(2)23/h3-9,12,18H,10-11H2,1-2H3,(H,21,25). The summed E-state index contributed by atoms with van der Waals surface area (Å²) >= 11 is 0. The van der Waals surface area contributed by atoms with E-state index in [0.29, 0.717) is 24.1 Å². The predicted octanol–water partition coefficient (Wildman–Crippen LogP) is 3.33. The Labute approximate surface area is 146 Å². The van der Waals surface area contributed by atoms with E-state index in [1.807, 2.05) is 31.2 Å². The first-order valence-electron chi connectivity index (χ1n) is 8.26. The van der Waals surface area contributed by atoms with Crippen LogP contribution in [0.25, 0.3) is 0 Å². The second-order valence-corrected chi connectivity index (χ2v) is 6.28. The molecule has 1 unspecified atom stereocenters. The Balaban J connectivity index is 1.81. The van der Waals surface area contributed by atoms with Crippen molar-refractivity contribution < 1.29 is 14.4 Å². The minimum atomic E-state index is -0.545. The highest BCUT2D eigenvalue weighted by atomic mass is 16.2. The largest absolute Gasteiger partial charge is 0.324 e. The van der Waals surface area contributed by atoms with E-state index in [-0.39, 0.29) is 17.6 Å². The number of aryl methyl sites for hydroxylation is 1. The topological polar surface area (TPSA) is 66.5 Å². The Hall–Kier alpha value is -2.95. The molecule has 1 heterocycles. The van der Waals surface area contributed by atoms with Gasteiger partial charge in [0, 0.05) is 23.4 Å². The van der Waals surface area contributed by atoms with Crippen molar-refractivity contribution in [2.24, 2.45) is 0 Å². The third-order valence-corrected chi connectivity index (χ3v) is 4.36. The van der Waals surface area contributed by atoms with E-state index in [1.54, 1.807) is 29.2 Å².